The fraction of sp³-hybridized carbons (Fsp3) is 0.231. The highest BCUT2D eigenvalue weighted by Gasteiger charge is 2.12. The quantitative estimate of drug-likeness (QED) is 0.777. The number of fused-ring (bicyclic) bond motifs is 1. The van der Waals surface area contributed by atoms with Gasteiger partial charge in [0.05, 0.1) is 0 Å². The van der Waals surface area contributed by atoms with Gasteiger partial charge in [0.1, 0.15) is 5.01 Å². The lowest BCUT2D eigenvalue weighted by atomic mass is 10.1. The van der Waals surface area contributed by atoms with Crippen LogP contribution in [0.2, 0.25) is 0 Å². The van der Waals surface area contributed by atoms with Gasteiger partial charge in [0.2, 0.25) is 4.96 Å². The molecule has 0 amide bonds. The van der Waals surface area contributed by atoms with Gasteiger partial charge in [0.25, 0.3) is 0 Å². The van der Waals surface area contributed by atoms with Crippen LogP contribution >= 0.6 is 11.3 Å². The molecule has 102 valence electrons. The topological polar surface area (TPSA) is 86.2 Å². The van der Waals surface area contributed by atoms with Crippen LogP contribution in [-0.2, 0) is 6.42 Å². The molecule has 3 rings (SSSR count). The summed E-state index contributed by atoms with van der Waals surface area (Å²) in [6, 6.07) is 7.60. The summed E-state index contributed by atoms with van der Waals surface area (Å²) in [7, 11) is 0. The van der Waals surface area contributed by atoms with Crippen LogP contribution < -0.4 is 11.3 Å². The predicted molar refractivity (Wildman–Crippen MR) is 77.9 cm³/mol. The summed E-state index contributed by atoms with van der Waals surface area (Å²) in [6.07, 6.45) is 0.632. The zero-order valence-electron chi connectivity index (χ0n) is 10.9. The van der Waals surface area contributed by atoms with Crippen molar-refractivity contribution in [3.63, 3.8) is 0 Å². The number of aryl methyl sites for hydroxylation is 1. The van der Waals surface area contributed by atoms with E-state index in [9.17, 15) is 4.79 Å². The number of nitrogens with zero attached hydrogens (tertiary/aromatic N) is 4. The third-order valence-electron chi connectivity index (χ3n) is 2.92. The molecule has 0 radical (unpaired) electrons. The fourth-order valence-corrected chi connectivity index (χ4v) is 2.72. The Hall–Kier alpha value is -2.12. The number of aromatic nitrogens is 4. The van der Waals surface area contributed by atoms with Crippen molar-refractivity contribution in [3.8, 4) is 11.3 Å². The van der Waals surface area contributed by atoms with Crippen LogP contribution in [0.3, 0.4) is 0 Å². The third kappa shape index (κ3) is 2.21. The predicted octanol–water partition coefficient (Wildman–Crippen LogP) is 1.02. The van der Waals surface area contributed by atoms with Crippen LogP contribution in [-0.4, -0.2) is 26.4 Å². The van der Waals surface area contributed by atoms with Gasteiger partial charge in [-0.15, -0.1) is 10.2 Å². The molecule has 2 heterocycles. The van der Waals surface area contributed by atoms with E-state index in [-0.39, 0.29) is 5.56 Å². The Labute approximate surface area is 118 Å². The third-order valence-corrected chi connectivity index (χ3v) is 3.87. The zero-order valence-corrected chi connectivity index (χ0v) is 11.7. The van der Waals surface area contributed by atoms with Crippen LogP contribution in [0.25, 0.3) is 16.2 Å². The summed E-state index contributed by atoms with van der Waals surface area (Å²) in [5.74, 6) is 0. The van der Waals surface area contributed by atoms with Gasteiger partial charge in [-0.05, 0) is 13.5 Å². The Bertz CT molecular complexity index is 806. The molecule has 3 aromatic rings. The monoisotopic (exact) mass is 287 g/mol. The maximum atomic E-state index is 12.4. The van der Waals surface area contributed by atoms with E-state index in [0.29, 0.717) is 23.6 Å². The molecule has 0 saturated carbocycles. The lowest BCUT2D eigenvalue weighted by Gasteiger charge is -1.99. The highest BCUT2D eigenvalue weighted by Crippen LogP contribution is 2.15. The van der Waals surface area contributed by atoms with Crippen LogP contribution in [0.1, 0.15) is 10.6 Å². The standard InChI is InChI=1S/C13H13N5OS/c1-8-2-4-9(5-3-8)11-12(19)18-13(16-15-11)20-10(17-18)6-7-14/h2-5H,6-7,14H2,1H3. The van der Waals surface area contributed by atoms with Crippen molar-refractivity contribution >= 4 is 16.3 Å². The van der Waals surface area contributed by atoms with Crippen molar-refractivity contribution < 1.29 is 0 Å². The van der Waals surface area contributed by atoms with E-state index >= 15 is 0 Å². The number of hydrogen-bond acceptors (Lipinski definition) is 6. The van der Waals surface area contributed by atoms with E-state index in [1.54, 1.807) is 0 Å². The highest BCUT2D eigenvalue weighted by atomic mass is 32.1. The minimum absolute atomic E-state index is 0.252. The summed E-state index contributed by atoms with van der Waals surface area (Å²) in [5.41, 5.74) is 7.43. The van der Waals surface area contributed by atoms with Crippen molar-refractivity contribution in [2.24, 2.45) is 5.73 Å². The normalized spacial score (nSPS) is 11.1. The molecule has 0 spiro atoms. The van der Waals surface area contributed by atoms with Crippen molar-refractivity contribution in [2.75, 3.05) is 6.54 Å². The molecule has 0 aliphatic rings. The first-order chi connectivity index (χ1) is 9.69. The average molecular weight is 287 g/mol. The second kappa shape index (κ2) is 5.10. The van der Waals surface area contributed by atoms with Crippen LogP contribution in [0.5, 0.6) is 0 Å². The minimum atomic E-state index is -0.252. The first kappa shape index (κ1) is 12.9. The van der Waals surface area contributed by atoms with E-state index in [1.165, 1.54) is 15.9 Å². The second-order valence-electron chi connectivity index (χ2n) is 4.45. The van der Waals surface area contributed by atoms with Crippen LogP contribution in [0.4, 0.5) is 0 Å². The van der Waals surface area contributed by atoms with Gasteiger partial charge in [-0.25, -0.2) is 0 Å². The summed E-state index contributed by atoms with van der Waals surface area (Å²) in [4.78, 5) is 12.9. The number of benzene rings is 1. The largest absolute Gasteiger partial charge is 0.330 e. The number of rotatable bonds is 3. The molecule has 0 aliphatic heterocycles. The van der Waals surface area contributed by atoms with Gasteiger partial charge >= 0.3 is 5.56 Å². The lowest BCUT2D eigenvalue weighted by Crippen LogP contribution is -2.19. The number of nitrogens with two attached hydrogens (primary N) is 1. The van der Waals surface area contributed by atoms with Gasteiger partial charge in [0.15, 0.2) is 5.69 Å². The van der Waals surface area contributed by atoms with E-state index in [1.807, 2.05) is 31.2 Å². The Kier molecular flexibility index (Phi) is 3.29. The Morgan fingerprint density at radius 3 is 2.70 bits per heavy atom. The average Bonchev–Trinajstić information content (AvgIpc) is 2.85. The molecule has 2 N–H and O–H groups in total. The van der Waals surface area contributed by atoms with E-state index in [4.69, 9.17) is 5.73 Å². The summed E-state index contributed by atoms with van der Waals surface area (Å²) in [6.45, 7) is 2.48. The first-order valence-corrected chi connectivity index (χ1v) is 7.03. The molecule has 0 fully saturated rings. The second-order valence-corrected chi connectivity index (χ2v) is 5.49. The fourth-order valence-electron chi connectivity index (χ4n) is 1.87. The summed E-state index contributed by atoms with van der Waals surface area (Å²) in [5, 5.41) is 13.1. The highest BCUT2D eigenvalue weighted by molar-refractivity contribution is 7.16. The van der Waals surface area contributed by atoms with Crippen molar-refractivity contribution in [1.29, 1.82) is 0 Å². The van der Waals surface area contributed by atoms with Crippen molar-refractivity contribution in [3.05, 3.63) is 45.2 Å². The molecule has 1 aromatic carbocycles. The molecule has 2 aromatic heterocycles. The molecule has 6 nitrogen and oxygen atoms in total. The Balaban J connectivity index is 2.15. The maximum absolute atomic E-state index is 12.4. The van der Waals surface area contributed by atoms with E-state index in [0.717, 1.165) is 16.1 Å². The molecular weight excluding hydrogens is 274 g/mol. The van der Waals surface area contributed by atoms with Crippen LogP contribution in [0, 0.1) is 6.92 Å². The van der Waals surface area contributed by atoms with Crippen LogP contribution in [0.15, 0.2) is 29.1 Å². The molecule has 0 saturated heterocycles. The maximum Gasteiger partial charge on any atom is 0.302 e. The van der Waals surface area contributed by atoms with Gasteiger partial charge in [0, 0.05) is 12.0 Å². The van der Waals surface area contributed by atoms with Gasteiger partial charge < -0.3 is 5.73 Å². The molecule has 0 atom stereocenters. The molecule has 20 heavy (non-hydrogen) atoms. The Morgan fingerprint density at radius 1 is 1.25 bits per heavy atom. The van der Waals surface area contributed by atoms with Crippen molar-refractivity contribution in [1.82, 2.24) is 19.8 Å². The summed E-state index contributed by atoms with van der Waals surface area (Å²) < 4.78 is 1.30. The smallest absolute Gasteiger partial charge is 0.302 e. The SMILES string of the molecule is Cc1ccc(-c2nnc3sc(CCN)nn3c2=O)cc1. The van der Waals surface area contributed by atoms with Crippen molar-refractivity contribution in [2.45, 2.75) is 13.3 Å². The van der Waals surface area contributed by atoms with Gasteiger partial charge in [-0.1, -0.05) is 41.2 Å². The van der Waals surface area contributed by atoms with Gasteiger partial charge in [-0.3, -0.25) is 4.79 Å². The van der Waals surface area contributed by atoms with E-state index < -0.39 is 0 Å². The van der Waals surface area contributed by atoms with E-state index in [2.05, 4.69) is 15.3 Å². The molecule has 0 unspecified atom stereocenters. The molecule has 7 heteroatoms. The minimum Gasteiger partial charge on any atom is -0.330 e. The Morgan fingerprint density at radius 2 is 2.00 bits per heavy atom. The summed E-state index contributed by atoms with van der Waals surface area (Å²) >= 11 is 1.34. The lowest BCUT2D eigenvalue weighted by molar-refractivity contribution is 0.818. The first-order valence-electron chi connectivity index (χ1n) is 6.21. The molecule has 0 bridgehead atoms. The molecular formula is C13H13N5OS. The molecule has 0 aliphatic carbocycles. The zero-order chi connectivity index (χ0) is 14.1. The van der Waals surface area contributed by atoms with Gasteiger partial charge in [-0.2, -0.15) is 9.61 Å². The number of hydrogen-bond donors (Lipinski definition) is 1.